The minimum absolute atomic E-state index is 0.0694. The number of aliphatic carboxylic acids is 1. The first-order valence-corrected chi connectivity index (χ1v) is 8.72. The van der Waals surface area contributed by atoms with Gasteiger partial charge in [-0.05, 0) is 37.8 Å². The molecule has 0 bridgehead atoms. The number of thioether (sulfide) groups is 1. The van der Waals surface area contributed by atoms with Crippen LogP contribution in [0.1, 0.15) is 31.2 Å². The van der Waals surface area contributed by atoms with Gasteiger partial charge in [-0.3, -0.25) is 9.59 Å². The van der Waals surface area contributed by atoms with Crippen LogP contribution >= 0.6 is 11.8 Å². The fraction of sp³-hybridized carbons (Fsp3) is 0.500. The molecular formula is C16H19FN2O3S. The molecule has 0 saturated heterocycles. The molecule has 1 fully saturated rings. The third kappa shape index (κ3) is 3.84. The maximum Gasteiger partial charge on any atom is 0.306 e. The molecule has 1 aliphatic heterocycles. The lowest BCUT2D eigenvalue weighted by Crippen LogP contribution is -2.34. The summed E-state index contributed by atoms with van der Waals surface area (Å²) in [6.45, 7) is 0.377. The molecule has 1 amide bonds. The van der Waals surface area contributed by atoms with Crippen LogP contribution in [-0.4, -0.2) is 28.8 Å². The van der Waals surface area contributed by atoms with Crippen LogP contribution in [0, 0.1) is 11.7 Å². The average Bonchev–Trinajstić information content (AvgIpc) is 2.53. The second-order valence-corrected chi connectivity index (χ2v) is 7.06. The lowest BCUT2D eigenvalue weighted by Gasteiger charge is -2.27. The van der Waals surface area contributed by atoms with Gasteiger partial charge >= 0.3 is 5.97 Å². The van der Waals surface area contributed by atoms with E-state index >= 15 is 0 Å². The minimum atomic E-state index is -0.725. The Morgan fingerprint density at radius 3 is 2.78 bits per heavy atom. The molecule has 1 aliphatic carbocycles. The summed E-state index contributed by atoms with van der Waals surface area (Å²) in [6, 6.07) is 3.37. The molecule has 0 aromatic heterocycles. The van der Waals surface area contributed by atoms with Crippen LogP contribution in [0.25, 0.3) is 0 Å². The van der Waals surface area contributed by atoms with Crippen LogP contribution < -0.4 is 10.6 Å². The number of benzene rings is 1. The Kier molecular flexibility index (Phi) is 4.87. The van der Waals surface area contributed by atoms with Crippen molar-refractivity contribution >= 4 is 29.3 Å². The van der Waals surface area contributed by atoms with Crippen LogP contribution in [0.4, 0.5) is 10.1 Å². The second kappa shape index (κ2) is 6.88. The van der Waals surface area contributed by atoms with Crippen LogP contribution in [0.2, 0.25) is 0 Å². The van der Waals surface area contributed by atoms with E-state index in [4.69, 9.17) is 5.11 Å². The number of carbonyl (C=O) groups excluding carboxylic acids is 1. The SMILES string of the molecule is O=C1CSc2cc(F)c(CNC3CCC(C(=O)O)CC3)cc2N1. The number of carboxylic acid groups (broad SMARTS) is 1. The summed E-state index contributed by atoms with van der Waals surface area (Å²) >= 11 is 1.34. The number of halogens is 1. The van der Waals surface area contributed by atoms with Crippen molar-refractivity contribution in [1.82, 2.24) is 5.32 Å². The van der Waals surface area contributed by atoms with Crippen LogP contribution in [0.3, 0.4) is 0 Å². The van der Waals surface area contributed by atoms with Gasteiger partial charge in [-0.25, -0.2) is 4.39 Å². The topological polar surface area (TPSA) is 78.4 Å². The fourth-order valence-corrected chi connectivity index (χ4v) is 3.89. The molecule has 0 radical (unpaired) electrons. The first-order chi connectivity index (χ1) is 11.0. The van der Waals surface area contributed by atoms with E-state index in [0.717, 1.165) is 17.7 Å². The Bertz CT molecular complexity index is 630. The highest BCUT2D eigenvalue weighted by atomic mass is 32.2. The molecule has 5 nitrogen and oxygen atoms in total. The number of hydrogen-bond donors (Lipinski definition) is 3. The van der Waals surface area contributed by atoms with E-state index in [-0.39, 0.29) is 23.7 Å². The van der Waals surface area contributed by atoms with Gasteiger partial charge in [0.2, 0.25) is 5.91 Å². The molecule has 0 atom stereocenters. The second-order valence-electron chi connectivity index (χ2n) is 6.04. The molecule has 3 rings (SSSR count). The summed E-state index contributed by atoms with van der Waals surface area (Å²) in [6.07, 6.45) is 2.89. The van der Waals surface area contributed by atoms with E-state index in [0.29, 0.717) is 36.4 Å². The van der Waals surface area contributed by atoms with Gasteiger partial charge < -0.3 is 15.7 Å². The number of fused-ring (bicyclic) bond motifs is 1. The Balaban J connectivity index is 1.59. The summed E-state index contributed by atoms with van der Waals surface area (Å²) < 4.78 is 14.2. The van der Waals surface area contributed by atoms with Gasteiger partial charge in [-0.1, -0.05) is 0 Å². The number of carboxylic acids is 1. The monoisotopic (exact) mass is 338 g/mol. The average molecular weight is 338 g/mol. The predicted octanol–water partition coefficient (Wildman–Crippen LogP) is 2.60. The fourth-order valence-electron chi connectivity index (χ4n) is 3.08. The Morgan fingerprint density at radius 1 is 1.35 bits per heavy atom. The van der Waals surface area contributed by atoms with Crippen molar-refractivity contribution in [3.63, 3.8) is 0 Å². The van der Waals surface area contributed by atoms with E-state index < -0.39 is 5.97 Å². The van der Waals surface area contributed by atoms with Gasteiger partial charge in [0.15, 0.2) is 0 Å². The summed E-state index contributed by atoms with van der Waals surface area (Å²) in [5.41, 5.74) is 1.19. The zero-order valence-corrected chi connectivity index (χ0v) is 13.4. The number of anilines is 1. The zero-order chi connectivity index (χ0) is 16.4. The highest BCUT2D eigenvalue weighted by Gasteiger charge is 2.26. The van der Waals surface area contributed by atoms with Gasteiger partial charge in [0.25, 0.3) is 0 Å². The maximum absolute atomic E-state index is 14.2. The molecule has 0 spiro atoms. The number of nitrogens with one attached hydrogen (secondary N) is 2. The van der Waals surface area contributed by atoms with Crippen molar-refractivity contribution < 1.29 is 19.1 Å². The normalized spacial score (nSPS) is 24.0. The Hall–Kier alpha value is -1.60. The van der Waals surface area contributed by atoms with Gasteiger partial charge in [0.05, 0.1) is 17.4 Å². The molecular weight excluding hydrogens is 319 g/mol. The van der Waals surface area contributed by atoms with Crippen molar-refractivity contribution in [2.24, 2.45) is 5.92 Å². The molecule has 2 aliphatic rings. The Morgan fingerprint density at radius 2 is 2.09 bits per heavy atom. The zero-order valence-electron chi connectivity index (χ0n) is 12.6. The van der Waals surface area contributed by atoms with Crippen molar-refractivity contribution in [2.45, 2.75) is 43.2 Å². The third-order valence-corrected chi connectivity index (χ3v) is 5.49. The predicted molar refractivity (Wildman–Crippen MR) is 86.0 cm³/mol. The standard InChI is InChI=1S/C16H19FN2O3S/c17-12-6-14-13(19-15(20)8-23-14)5-10(12)7-18-11-3-1-9(2-4-11)16(21)22/h5-6,9,11,18H,1-4,7-8H2,(H,19,20)(H,21,22). The molecule has 1 saturated carbocycles. The number of rotatable bonds is 4. The lowest BCUT2D eigenvalue weighted by molar-refractivity contribution is -0.142. The molecule has 0 unspecified atom stereocenters. The number of carbonyl (C=O) groups is 2. The van der Waals surface area contributed by atoms with Gasteiger partial charge in [0.1, 0.15) is 5.82 Å². The molecule has 1 aromatic rings. The largest absolute Gasteiger partial charge is 0.481 e. The van der Waals surface area contributed by atoms with Gasteiger partial charge in [-0.2, -0.15) is 0 Å². The molecule has 23 heavy (non-hydrogen) atoms. The van der Waals surface area contributed by atoms with Gasteiger partial charge in [0, 0.05) is 23.0 Å². The van der Waals surface area contributed by atoms with E-state index in [1.165, 1.54) is 17.8 Å². The van der Waals surface area contributed by atoms with Crippen molar-refractivity contribution in [1.29, 1.82) is 0 Å². The van der Waals surface area contributed by atoms with Crippen molar-refractivity contribution in [3.8, 4) is 0 Å². The van der Waals surface area contributed by atoms with Crippen LogP contribution in [-0.2, 0) is 16.1 Å². The number of amides is 1. The molecule has 1 aromatic carbocycles. The smallest absolute Gasteiger partial charge is 0.306 e. The highest BCUT2D eigenvalue weighted by molar-refractivity contribution is 8.00. The first kappa shape index (κ1) is 16.3. The lowest BCUT2D eigenvalue weighted by atomic mass is 9.86. The third-order valence-electron chi connectivity index (χ3n) is 4.44. The van der Waals surface area contributed by atoms with Crippen LogP contribution in [0.15, 0.2) is 17.0 Å². The van der Waals surface area contributed by atoms with Crippen LogP contribution in [0.5, 0.6) is 0 Å². The maximum atomic E-state index is 14.2. The summed E-state index contributed by atoms with van der Waals surface area (Å²) in [5, 5.41) is 15.1. The molecule has 1 heterocycles. The van der Waals surface area contributed by atoms with Crippen molar-refractivity contribution in [2.75, 3.05) is 11.1 Å². The van der Waals surface area contributed by atoms with Gasteiger partial charge in [-0.15, -0.1) is 11.8 Å². The quantitative estimate of drug-likeness (QED) is 0.786. The van der Waals surface area contributed by atoms with Crippen molar-refractivity contribution in [3.05, 3.63) is 23.5 Å². The van der Waals surface area contributed by atoms with E-state index in [1.807, 2.05) is 0 Å². The molecule has 3 N–H and O–H groups in total. The van der Waals surface area contributed by atoms with E-state index in [2.05, 4.69) is 10.6 Å². The highest BCUT2D eigenvalue weighted by Crippen LogP contribution is 2.33. The molecule has 7 heteroatoms. The summed E-state index contributed by atoms with van der Waals surface area (Å²) in [5.74, 6) is -1.01. The van der Waals surface area contributed by atoms with E-state index in [1.54, 1.807) is 6.07 Å². The summed E-state index contributed by atoms with van der Waals surface area (Å²) in [4.78, 5) is 23.1. The molecule has 124 valence electrons. The Labute approximate surface area is 138 Å². The van der Waals surface area contributed by atoms with E-state index in [9.17, 15) is 14.0 Å². The minimum Gasteiger partial charge on any atom is -0.481 e. The number of hydrogen-bond acceptors (Lipinski definition) is 4. The first-order valence-electron chi connectivity index (χ1n) is 7.74. The summed E-state index contributed by atoms with van der Waals surface area (Å²) in [7, 11) is 0.